The normalized spacial score (nSPS) is 14.8. The Morgan fingerprint density at radius 1 is 1.58 bits per heavy atom. The molecule has 0 spiro atoms. The Balaban J connectivity index is 4.01. The summed E-state index contributed by atoms with van der Waals surface area (Å²) in [7, 11) is 0. The summed E-state index contributed by atoms with van der Waals surface area (Å²) in [5.41, 5.74) is 0. The third-order valence-electron chi connectivity index (χ3n) is 0.921. The minimum absolute atomic E-state index is 0.334. The minimum atomic E-state index is -3.66. The summed E-state index contributed by atoms with van der Waals surface area (Å²) in [4.78, 5) is 10.4. The largest absolute Gasteiger partial charge is 0.421 e. The number of esters is 1. The van der Waals surface area contributed by atoms with E-state index < -0.39 is 18.2 Å². The topological polar surface area (TPSA) is 26.3 Å². The highest BCUT2D eigenvalue weighted by Crippen LogP contribution is 2.21. The average molecular weight is 182 g/mol. The van der Waals surface area contributed by atoms with Gasteiger partial charge in [0.15, 0.2) is 0 Å². The molecule has 0 saturated carbocycles. The summed E-state index contributed by atoms with van der Waals surface area (Å²) in [6.45, 7) is 1.82. The average Bonchev–Trinajstić information content (AvgIpc) is 1.85. The van der Waals surface area contributed by atoms with Crippen LogP contribution in [0, 0.1) is 0 Å². The fourth-order valence-electron chi connectivity index (χ4n) is 0.381. The fraction of sp³-hybridized carbons (Fsp3) is 0.571. The minimum Gasteiger partial charge on any atom is -0.421 e. The van der Waals surface area contributed by atoms with Crippen molar-refractivity contribution in [3.05, 3.63) is 12.2 Å². The molecule has 0 aliphatic heterocycles. The summed E-state index contributed by atoms with van der Waals surface area (Å²) in [6, 6.07) is 0. The van der Waals surface area contributed by atoms with Crippen molar-refractivity contribution in [2.45, 2.75) is 26.1 Å². The first-order chi connectivity index (χ1) is 5.38. The molecule has 0 rings (SSSR count). The molecule has 0 saturated heterocycles. The summed E-state index contributed by atoms with van der Waals surface area (Å²) in [5, 5.41) is 0. The van der Waals surface area contributed by atoms with Gasteiger partial charge in [0.1, 0.15) is 0 Å². The van der Waals surface area contributed by atoms with Crippen molar-refractivity contribution in [1.82, 2.24) is 0 Å². The Labute approximate surface area is 68.0 Å². The molecule has 0 aliphatic carbocycles. The Kier molecular flexibility index (Phi) is 3.79. The van der Waals surface area contributed by atoms with Crippen molar-refractivity contribution in [3.8, 4) is 0 Å². The van der Waals surface area contributed by atoms with Crippen LogP contribution in [-0.4, -0.2) is 18.2 Å². The molecule has 1 unspecified atom stereocenters. The SMILES string of the molecule is C/C=C/C(=O)OC(F)C(C)(F)F. The van der Waals surface area contributed by atoms with Crippen LogP contribution in [0.25, 0.3) is 0 Å². The molecular weight excluding hydrogens is 173 g/mol. The van der Waals surface area contributed by atoms with Gasteiger partial charge in [-0.15, -0.1) is 0 Å². The maximum atomic E-state index is 12.3. The standard InChI is InChI=1S/C7H9F3O2/c1-3-4-5(11)12-6(8)7(2,9)10/h3-4,6H,1-2H3/b4-3+. The van der Waals surface area contributed by atoms with Crippen LogP contribution in [0.5, 0.6) is 0 Å². The van der Waals surface area contributed by atoms with E-state index in [9.17, 15) is 18.0 Å². The summed E-state index contributed by atoms with van der Waals surface area (Å²) in [5.74, 6) is -4.77. The van der Waals surface area contributed by atoms with Crippen molar-refractivity contribution >= 4 is 5.97 Å². The van der Waals surface area contributed by atoms with Gasteiger partial charge in [-0.25, -0.2) is 4.79 Å². The van der Waals surface area contributed by atoms with Gasteiger partial charge in [-0.05, 0) is 6.92 Å². The molecule has 1 atom stereocenters. The molecule has 0 radical (unpaired) electrons. The first kappa shape index (κ1) is 11.0. The predicted molar refractivity (Wildman–Crippen MR) is 36.4 cm³/mol. The van der Waals surface area contributed by atoms with Gasteiger partial charge >= 0.3 is 18.2 Å². The van der Waals surface area contributed by atoms with Crippen molar-refractivity contribution < 1.29 is 22.7 Å². The van der Waals surface area contributed by atoms with E-state index in [0.717, 1.165) is 6.08 Å². The van der Waals surface area contributed by atoms with Gasteiger partial charge in [-0.1, -0.05) is 6.08 Å². The summed E-state index contributed by atoms with van der Waals surface area (Å²) >= 11 is 0. The van der Waals surface area contributed by atoms with E-state index in [1.165, 1.54) is 13.0 Å². The van der Waals surface area contributed by atoms with Gasteiger partial charge < -0.3 is 4.74 Å². The molecular formula is C7H9F3O2. The Bertz CT molecular complexity index is 184. The van der Waals surface area contributed by atoms with E-state index in [2.05, 4.69) is 4.74 Å². The zero-order chi connectivity index (χ0) is 9.78. The number of carbonyl (C=O) groups excluding carboxylic acids is 1. The van der Waals surface area contributed by atoms with E-state index in [1.54, 1.807) is 0 Å². The third kappa shape index (κ3) is 4.00. The lowest BCUT2D eigenvalue weighted by Gasteiger charge is -2.14. The first-order valence-corrected chi connectivity index (χ1v) is 3.23. The van der Waals surface area contributed by atoms with Gasteiger partial charge in [-0.3, -0.25) is 0 Å². The number of allylic oxidation sites excluding steroid dienone is 1. The molecule has 0 aromatic rings. The maximum Gasteiger partial charge on any atom is 0.333 e. The van der Waals surface area contributed by atoms with Crippen LogP contribution in [0.2, 0.25) is 0 Å². The molecule has 0 aliphatic rings. The molecule has 5 heteroatoms. The number of ether oxygens (including phenoxy) is 1. The lowest BCUT2D eigenvalue weighted by Crippen LogP contribution is -2.30. The second-order valence-electron chi connectivity index (χ2n) is 2.21. The van der Waals surface area contributed by atoms with Crippen LogP contribution >= 0.6 is 0 Å². The molecule has 70 valence electrons. The van der Waals surface area contributed by atoms with Gasteiger partial charge in [0.25, 0.3) is 0 Å². The van der Waals surface area contributed by atoms with Crippen LogP contribution in [0.1, 0.15) is 13.8 Å². The number of hydrogen-bond donors (Lipinski definition) is 0. The number of alkyl halides is 3. The molecule has 12 heavy (non-hydrogen) atoms. The van der Waals surface area contributed by atoms with Crippen molar-refractivity contribution in [2.75, 3.05) is 0 Å². The highest BCUT2D eigenvalue weighted by molar-refractivity contribution is 5.81. The van der Waals surface area contributed by atoms with Crippen molar-refractivity contribution in [1.29, 1.82) is 0 Å². The van der Waals surface area contributed by atoms with E-state index in [4.69, 9.17) is 0 Å². The molecule has 0 aromatic heterocycles. The fourth-order valence-corrected chi connectivity index (χ4v) is 0.381. The number of rotatable bonds is 3. The molecule has 0 aromatic carbocycles. The van der Waals surface area contributed by atoms with Crippen LogP contribution in [0.3, 0.4) is 0 Å². The van der Waals surface area contributed by atoms with Gasteiger partial charge in [0.2, 0.25) is 0 Å². The van der Waals surface area contributed by atoms with Crippen LogP contribution in [0.4, 0.5) is 13.2 Å². The molecule has 0 fully saturated rings. The van der Waals surface area contributed by atoms with Gasteiger partial charge in [0, 0.05) is 13.0 Å². The summed E-state index contributed by atoms with van der Waals surface area (Å²) in [6.07, 6.45) is -0.762. The third-order valence-corrected chi connectivity index (χ3v) is 0.921. The predicted octanol–water partition coefficient (Wildman–Crippen LogP) is 2.06. The second kappa shape index (κ2) is 4.13. The second-order valence-corrected chi connectivity index (χ2v) is 2.21. The van der Waals surface area contributed by atoms with Crippen LogP contribution in [0.15, 0.2) is 12.2 Å². The molecule has 0 amide bonds. The quantitative estimate of drug-likeness (QED) is 0.493. The maximum absolute atomic E-state index is 12.3. The molecule has 0 bridgehead atoms. The highest BCUT2D eigenvalue weighted by Gasteiger charge is 2.37. The Hall–Kier alpha value is -1.00. The Morgan fingerprint density at radius 3 is 2.42 bits per heavy atom. The first-order valence-electron chi connectivity index (χ1n) is 3.23. The van der Waals surface area contributed by atoms with Crippen LogP contribution in [-0.2, 0) is 9.53 Å². The monoisotopic (exact) mass is 182 g/mol. The summed E-state index contributed by atoms with van der Waals surface area (Å²) < 4.78 is 40.0. The van der Waals surface area contributed by atoms with Gasteiger partial charge in [0.05, 0.1) is 0 Å². The number of halogens is 3. The van der Waals surface area contributed by atoms with Crippen molar-refractivity contribution in [3.63, 3.8) is 0 Å². The Morgan fingerprint density at radius 2 is 2.08 bits per heavy atom. The smallest absolute Gasteiger partial charge is 0.333 e. The number of hydrogen-bond acceptors (Lipinski definition) is 2. The van der Waals surface area contributed by atoms with Gasteiger partial charge in [-0.2, -0.15) is 13.2 Å². The van der Waals surface area contributed by atoms with E-state index in [1.807, 2.05) is 0 Å². The van der Waals surface area contributed by atoms with E-state index >= 15 is 0 Å². The lowest BCUT2D eigenvalue weighted by atomic mass is 10.4. The zero-order valence-electron chi connectivity index (χ0n) is 6.68. The lowest BCUT2D eigenvalue weighted by molar-refractivity contribution is -0.193. The van der Waals surface area contributed by atoms with Crippen molar-refractivity contribution in [2.24, 2.45) is 0 Å². The molecule has 0 heterocycles. The molecule has 2 nitrogen and oxygen atoms in total. The van der Waals surface area contributed by atoms with E-state index in [0.29, 0.717) is 6.92 Å². The van der Waals surface area contributed by atoms with Crippen LogP contribution < -0.4 is 0 Å². The molecule has 0 N–H and O–H groups in total. The number of carbonyl (C=O) groups is 1. The zero-order valence-corrected chi connectivity index (χ0v) is 6.68. The van der Waals surface area contributed by atoms with E-state index in [-0.39, 0.29) is 0 Å². The highest BCUT2D eigenvalue weighted by atomic mass is 19.3.